The lowest BCUT2D eigenvalue weighted by Gasteiger charge is -2.16. The molecule has 1 aliphatic rings. The molecule has 2 amide bonds. The Morgan fingerprint density at radius 3 is 2.78 bits per heavy atom. The largest absolute Gasteiger partial charge is 0.385 e. The number of aliphatic imine (C=N–C) groups is 1. The maximum Gasteiger partial charge on any atom is 0.242 e. The number of nitrogens with zero attached hydrogens (tertiary/aromatic N) is 2. The Kier molecular flexibility index (Phi) is 8.34. The van der Waals surface area contributed by atoms with Crippen LogP contribution in [0.1, 0.15) is 29.5 Å². The highest BCUT2D eigenvalue weighted by Gasteiger charge is 2.39. The number of halogens is 1. The molecule has 0 aliphatic carbocycles. The van der Waals surface area contributed by atoms with Crippen LogP contribution in [0.2, 0.25) is 5.02 Å². The van der Waals surface area contributed by atoms with Gasteiger partial charge in [-0.15, -0.1) is 0 Å². The first-order chi connectivity index (χ1) is 15.3. The molecular formula is C24H28ClN3O3S. The summed E-state index contributed by atoms with van der Waals surface area (Å²) in [4.78, 5) is 32.3. The second kappa shape index (κ2) is 11.0. The Morgan fingerprint density at radius 1 is 1.25 bits per heavy atom. The number of methoxy groups -OCH3 is 1. The van der Waals surface area contributed by atoms with Crippen LogP contribution in [0.4, 0.5) is 11.4 Å². The molecule has 3 rings (SSSR count). The Morgan fingerprint density at radius 2 is 2.03 bits per heavy atom. The number of ether oxygens (including phenoxy) is 1. The molecule has 6 nitrogen and oxygen atoms in total. The number of carbonyl (C=O) groups is 2. The lowest BCUT2D eigenvalue weighted by Crippen LogP contribution is -2.34. The summed E-state index contributed by atoms with van der Waals surface area (Å²) >= 11 is 7.49. The molecule has 0 bridgehead atoms. The van der Waals surface area contributed by atoms with Crippen molar-refractivity contribution in [1.29, 1.82) is 0 Å². The first-order valence-electron chi connectivity index (χ1n) is 10.5. The topological polar surface area (TPSA) is 71.0 Å². The fourth-order valence-electron chi connectivity index (χ4n) is 3.35. The van der Waals surface area contributed by atoms with Gasteiger partial charge in [0.05, 0.1) is 5.69 Å². The highest BCUT2D eigenvalue weighted by atomic mass is 35.5. The number of rotatable bonds is 8. The summed E-state index contributed by atoms with van der Waals surface area (Å²) in [6.45, 7) is 6.89. The first-order valence-corrected chi connectivity index (χ1v) is 11.7. The van der Waals surface area contributed by atoms with Crippen molar-refractivity contribution in [3.63, 3.8) is 0 Å². The third kappa shape index (κ3) is 5.91. The molecule has 0 radical (unpaired) electrons. The highest BCUT2D eigenvalue weighted by molar-refractivity contribution is 8.15. The molecule has 1 saturated heterocycles. The van der Waals surface area contributed by atoms with E-state index in [1.165, 1.54) is 11.8 Å². The lowest BCUT2D eigenvalue weighted by atomic mass is 10.1. The van der Waals surface area contributed by atoms with E-state index in [0.717, 1.165) is 22.4 Å². The quantitative estimate of drug-likeness (QED) is 0.530. The maximum atomic E-state index is 13.1. The van der Waals surface area contributed by atoms with Crippen LogP contribution in [0.25, 0.3) is 0 Å². The first kappa shape index (κ1) is 24.3. The molecule has 2 aromatic carbocycles. The molecule has 0 aromatic heterocycles. The number of amides is 2. The standard InChI is InChI=1S/C24H28ClN3O3S/c1-15-9-10-16(2)20(13-15)27-24-28(11-6-12-31-4)23(30)21(32-24)14-22(29)26-19-8-5-7-18(25)17(19)3/h5,7-10,13,21H,6,11-12,14H2,1-4H3,(H,26,29). The Hall–Kier alpha value is -2.35. The summed E-state index contributed by atoms with van der Waals surface area (Å²) in [5.41, 5.74) is 4.41. The van der Waals surface area contributed by atoms with E-state index in [1.54, 1.807) is 30.2 Å². The molecule has 1 heterocycles. The smallest absolute Gasteiger partial charge is 0.242 e. The Labute approximate surface area is 198 Å². The minimum absolute atomic E-state index is 0.0576. The van der Waals surface area contributed by atoms with Crippen LogP contribution in [0.5, 0.6) is 0 Å². The van der Waals surface area contributed by atoms with E-state index < -0.39 is 5.25 Å². The van der Waals surface area contributed by atoms with Crippen molar-refractivity contribution in [3.05, 3.63) is 58.1 Å². The summed E-state index contributed by atoms with van der Waals surface area (Å²) in [6.07, 6.45) is 0.747. The lowest BCUT2D eigenvalue weighted by molar-refractivity contribution is -0.128. The molecule has 32 heavy (non-hydrogen) atoms. The van der Waals surface area contributed by atoms with Crippen molar-refractivity contribution in [2.75, 3.05) is 25.6 Å². The van der Waals surface area contributed by atoms with Gasteiger partial charge < -0.3 is 10.1 Å². The van der Waals surface area contributed by atoms with Gasteiger partial charge in [0, 0.05) is 37.4 Å². The van der Waals surface area contributed by atoms with E-state index in [-0.39, 0.29) is 18.2 Å². The van der Waals surface area contributed by atoms with Crippen molar-refractivity contribution >= 4 is 51.7 Å². The summed E-state index contributed by atoms with van der Waals surface area (Å²) in [7, 11) is 1.64. The molecule has 1 unspecified atom stereocenters. The minimum Gasteiger partial charge on any atom is -0.385 e. The van der Waals surface area contributed by atoms with Crippen LogP contribution >= 0.6 is 23.4 Å². The van der Waals surface area contributed by atoms with Gasteiger partial charge in [0.2, 0.25) is 11.8 Å². The monoisotopic (exact) mass is 473 g/mol. The zero-order valence-corrected chi connectivity index (χ0v) is 20.3. The zero-order chi connectivity index (χ0) is 23.3. The molecule has 1 fully saturated rings. The number of nitrogens with one attached hydrogen (secondary N) is 1. The molecule has 0 spiro atoms. The number of hydrogen-bond acceptors (Lipinski definition) is 5. The van der Waals surface area contributed by atoms with Crippen molar-refractivity contribution in [2.24, 2.45) is 4.99 Å². The maximum absolute atomic E-state index is 13.1. The minimum atomic E-state index is -0.527. The Balaban J connectivity index is 1.79. The van der Waals surface area contributed by atoms with Crippen LogP contribution in [-0.4, -0.2) is 47.4 Å². The highest BCUT2D eigenvalue weighted by Crippen LogP contribution is 2.33. The van der Waals surface area contributed by atoms with Gasteiger partial charge in [0.1, 0.15) is 5.25 Å². The fourth-order valence-corrected chi connectivity index (χ4v) is 4.70. The Bertz CT molecular complexity index is 1040. The van der Waals surface area contributed by atoms with E-state index in [4.69, 9.17) is 21.3 Å². The van der Waals surface area contributed by atoms with E-state index in [9.17, 15) is 9.59 Å². The van der Waals surface area contributed by atoms with Crippen LogP contribution in [0, 0.1) is 20.8 Å². The van der Waals surface area contributed by atoms with E-state index in [2.05, 4.69) is 5.32 Å². The fraction of sp³-hybridized carbons (Fsp3) is 0.375. The molecule has 0 saturated carbocycles. The molecule has 1 atom stereocenters. The van der Waals surface area contributed by atoms with E-state index >= 15 is 0 Å². The molecule has 1 aliphatic heterocycles. The van der Waals surface area contributed by atoms with Gasteiger partial charge in [0.25, 0.3) is 0 Å². The van der Waals surface area contributed by atoms with Gasteiger partial charge in [-0.1, -0.05) is 41.6 Å². The number of benzene rings is 2. The van der Waals surface area contributed by atoms with Gasteiger partial charge in [-0.2, -0.15) is 0 Å². The number of anilines is 1. The molecular weight excluding hydrogens is 446 g/mol. The van der Waals surface area contributed by atoms with Crippen LogP contribution in [-0.2, 0) is 14.3 Å². The van der Waals surface area contributed by atoms with Crippen molar-refractivity contribution < 1.29 is 14.3 Å². The van der Waals surface area contributed by atoms with Gasteiger partial charge in [-0.3, -0.25) is 14.5 Å². The normalized spacial score (nSPS) is 17.3. The second-order valence-corrected chi connectivity index (χ2v) is 9.37. The third-order valence-corrected chi connectivity index (χ3v) is 6.83. The molecule has 2 aromatic rings. The van der Waals surface area contributed by atoms with Gasteiger partial charge in [0.15, 0.2) is 5.17 Å². The SMILES string of the molecule is COCCCN1C(=O)C(CC(=O)Nc2cccc(Cl)c2C)SC1=Nc1cc(C)ccc1C. The second-order valence-electron chi connectivity index (χ2n) is 7.79. The van der Waals surface area contributed by atoms with Gasteiger partial charge in [-0.05, 0) is 62.1 Å². The van der Waals surface area contributed by atoms with Gasteiger partial charge in [-0.25, -0.2) is 4.99 Å². The van der Waals surface area contributed by atoms with Crippen molar-refractivity contribution in [1.82, 2.24) is 4.90 Å². The average molecular weight is 474 g/mol. The predicted molar refractivity (Wildman–Crippen MR) is 132 cm³/mol. The molecule has 1 N–H and O–H groups in total. The summed E-state index contributed by atoms with van der Waals surface area (Å²) in [6, 6.07) is 11.4. The number of thioether (sulfide) groups is 1. The van der Waals surface area contributed by atoms with Gasteiger partial charge >= 0.3 is 0 Å². The van der Waals surface area contributed by atoms with Crippen LogP contribution in [0.15, 0.2) is 41.4 Å². The summed E-state index contributed by atoms with van der Waals surface area (Å²) in [5, 5.41) is 3.56. The number of carbonyl (C=O) groups excluding carboxylic acids is 2. The molecule has 170 valence electrons. The van der Waals surface area contributed by atoms with E-state index in [0.29, 0.717) is 35.5 Å². The average Bonchev–Trinajstić information content (AvgIpc) is 3.03. The number of hydrogen-bond donors (Lipinski definition) is 1. The van der Waals surface area contributed by atoms with E-state index in [1.807, 2.05) is 39.0 Å². The summed E-state index contributed by atoms with van der Waals surface area (Å²) in [5.74, 6) is -0.334. The molecule has 8 heteroatoms. The number of amidine groups is 1. The van der Waals surface area contributed by atoms with Crippen molar-refractivity contribution in [3.8, 4) is 0 Å². The third-order valence-electron chi connectivity index (χ3n) is 5.24. The summed E-state index contributed by atoms with van der Waals surface area (Å²) < 4.78 is 5.14. The van der Waals surface area contributed by atoms with Crippen molar-refractivity contribution in [2.45, 2.75) is 38.9 Å². The van der Waals surface area contributed by atoms with Crippen LogP contribution < -0.4 is 5.32 Å². The number of aryl methyl sites for hydroxylation is 2. The predicted octanol–water partition coefficient (Wildman–Crippen LogP) is 5.26. The zero-order valence-electron chi connectivity index (χ0n) is 18.8. The van der Waals surface area contributed by atoms with Crippen LogP contribution in [0.3, 0.4) is 0 Å².